The van der Waals surface area contributed by atoms with Gasteiger partial charge in [-0.05, 0) is 62.9 Å². The summed E-state index contributed by atoms with van der Waals surface area (Å²) in [6, 6.07) is 7.12. The van der Waals surface area contributed by atoms with E-state index in [4.69, 9.17) is 4.74 Å². The Balaban J connectivity index is 2.03. The number of aryl methyl sites for hydroxylation is 1. The topological polar surface area (TPSA) is 21.3 Å². The van der Waals surface area contributed by atoms with Crippen molar-refractivity contribution in [3.63, 3.8) is 0 Å². The van der Waals surface area contributed by atoms with Gasteiger partial charge in [0.2, 0.25) is 0 Å². The predicted molar refractivity (Wildman–Crippen MR) is 67.1 cm³/mol. The Hall–Kier alpha value is -1.02. The molecule has 1 unspecified atom stereocenters. The lowest BCUT2D eigenvalue weighted by Crippen LogP contribution is -2.23. The zero-order valence-electron chi connectivity index (χ0n) is 10.3. The van der Waals surface area contributed by atoms with Gasteiger partial charge in [0.25, 0.3) is 0 Å². The molecule has 88 valence electrons. The molecule has 0 bridgehead atoms. The first-order valence-electron chi connectivity index (χ1n) is 6.25. The Bertz CT molecular complexity index is 343. The third kappa shape index (κ3) is 2.76. The van der Waals surface area contributed by atoms with Crippen molar-refractivity contribution in [2.24, 2.45) is 0 Å². The van der Waals surface area contributed by atoms with Crippen LogP contribution in [-0.4, -0.2) is 19.2 Å². The van der Waals surface area contributed by atoms with Gasteiger partial charge in [-0.25, -0.2) is 0 Å². The van der Waals surface area contributed by atoms with Gasteiger partial charge < -0.3 is 10.1 Å². The second kappa shape index (κ2) is 5.35. The standard InChI is InChI=1S/C14H21NO/c1-3-16-14-7-6-12(11(2)9-14)10-13-5-4-8-15-13/h6-7,9,13,15H,3-5,8,10H2,1-2H3. The number of hydrogen-bond donors (Lipinski definition) is 1. The summed E-state index contributed by atoms with van der Waals surface area (Å²) in [6.07, 6.45) is 3.78. The van der Waals surface area contributed by atoms with E-state index < -0.39 is 0 Å². The average Bonchev–Trinajstić information content (AvgIpc) is 2.75. The van der Waals surface area contributed by atoms with Crippen LogP contribution in [0.5, 0.6) is 5.75 Å². The molecule has 1 fully saturated rings. The van der Waals surface area contributed by atoms with Gasteiger partial charge in [-0.3, -0.25) is 0 Å². The fraction of sp³-hybridized carbons (Fsp3) is 0.571. The van der Waals surface area contributed by atoms with Crippen molar-refractivity contribution in [1.29, 1.82) is 0 Å². The Kier molecular flexibility index (Phi) is 3.83. The fourth-order valence-electron chi connectivity index (χ4n) is 2.35. The van der Waals surface area contributed by atoms with Crippen LogP contribution in [0.15, 0.2) is 18.2 Å². The number of hydrogen-bond acceptors (Lipinski definition) is 2. The molecule has 2 rings (SSSR count). The number of rotatable bonds is 4. The summed E-state index contributed by atoms with van der Waals surface area (Å²) in [4.78, 5) is 0. The van der Waals surface area contributed by atoms with E-state index >= 15 is 0 Å². The second-order valence-corrected chi connectivity index (χ2v) is 4.52. The van der Waals surface area contributed by atoms with Crippen LogP contribution in [-0.2, 0) is 6.42 Å². The van der Waals surface area contributed by atoms with E-state index in [-0.39, 0.29) is 0 Å². The van der Waals surface area contributed by atoms with E-state index in [0.717, 1.165) is 18.8 Å². The molecule has 0 saturated carbocycles. The van der Waals surface area contributed by atoms with Crippen molar-refractivity contribution in [2.75, 3.05) is 13.2 Å². The molecule has 2 nitrogen and oxygen atoms in total. The quantitative estimate of drug-likeness (QED) is 0.840. The Morgan fingerprint density at radius 1 is 1.44 bits per heavy atom. The molecule has 0 radical (unpaired) electrons. The maximum Gasteiger partial charge on any atom is 0.119 e. The molecule has 1 aliphatic rings. The van der Waals surface area contributed by atoms with E-state index in [1.54, 1.807) is 0 Å². The molecule has 0 spiro atoms. The van der Waals surface area contributed by atoms with E-state index in [9.17, 15) is 0 Å². The average molecular weight is 219 g/mol. The first-order chi connectivity index (χ1) is 7.79. The van der Waals surface area contributed by atoms with Crippen LogP contribution < -0.4 is 10.1 Å². The lowest BCUT2D eigenvalue weighted by Gasteiger charge is -2.13. The molecule has 1 aromatic rings. The summed E-state index contributed by atoms with van der Waals surface area (Å²) in [5.74, 6) is 0.989. The van der Waals surface area contributed by atoms with Crippen LogP contribution in [0.2, 0.25) is 0 Å². The van der Waals surface area contributed by atoms with Crippen LogP contribution in [0.3, 0.4) is 0 Å². The minimum absolute atomic E-state index is 0.677. The van der Waals surface area contributed by atoms with Crippen LogP contribution in [0.25, 0.3) is 0 Å². The van der Waals surface area contributed by atoms with Gasteiger partial charge in [0.05, 0.1) is 6.61 Å². The van der Waals surface area contributed by atoms with Gasteiger partial charge in [-0.15, -0.1) is 0 Å². The molecule has 0 amide bonds. The van der Waals surface area contributed by atoms with E-state index in [0.29, 0.717) is 6.04 Å². The molecule has 0 aromatic heterocycles. The van der Waals surface area contributed by atoms with E-state index in [1.165, 1.54) is 30.5 Å². The monoisotopic (exact) mass is 219 g/mol. The summed E-state index contributed by atoms with van der Waals surface area (Å²) in [6.45, 7) is 6.11. The van der Waals surface area contributed by atoms with Crippen molar-refractivity contribution in [2.45, 2.75) is 39.2 Å². The predicted octanol–water partition coefficient (Wildman–Crippen LogP) is 2.69. The highest BCUT2D eigenvalue weighted by molar-refractivity contribution is 5.35. The fourth-order valence-corrected chi connectivity index (χ4v) is 2.35. The maximum absolute atomic E-state index is 5.50. The molecule has 1 aromatic carbocycles. The Morgan fingerprint density at radius 3 is 2.94 bits per heavy atom. The zero-order valence-corrected chi connectivity index (χ0v) is 10.3. The van der Waals surface area contributed by atoms with Crippen LogP contribution in [0.1, 0.15) is 30.9 Å². The summed E-state index contributed by atoms with van der Waals surface area (Å²) in [7, 11) is 0. The second-order valence-electron chi connectivity index (χ2n) is 4.52. The van der Waals surface area contributed by atoms with Crippen molar-refractivity contribution in [3.8, 4) is 5.75 Å². The Morgan fingerprint density at radius 2 is 2.31 bits per heavy atom. The van der Waals surface area contributed by atoms with Crippen LogP contribution >= 0.6 is 0 Å². The van der Waals surface area contributed by atoms with Gasteiger partial charge >= 0.3 is 0 Å². The summed E-state index contributed by atoms with van der Waals surface area (Å²) in [5.41, 5.74) is 2.79. The first-order valence-corrected chi connectivity index (χ1v) is 6.25. The third-order valence-electron chi connectivity index (χ3n) is 3.25. The first kappa shape index (κ1) is 11.5. The third-order valence-corrected chi connectivity index (χ3v) is 3.25. The summed E-state index contributed by atoms with van der Waals surface area (Å²) >= 11 is 0. The van der Waals surface area contributed by atoms with Crippen molar-refractivity contribution in [1.82, 2.24) is 5.32 Å². The number of benzene rings is 1. The summed E-state index contributed by atoms with van der Waals surface area (Å²) < 4.78 is 5.50. The highest BCUT2D eigenvalue weighted by Crippen LogP contribution is 2.20. The van der Waals surface area contributed by atoms with Crippen molar-refractivity contribution >= 4 is 0 Å². The van der Waals surface area contributed by atoms with E-state index in [2.05, 4.69) is 30.4 Å². The van der Waals surface area contributed by atoms with Crippen LogP contribution in [0.4, 0.5) is 0 Å². The van der Waals surface area contributed by atoms with Crippen molar-refractivity contribution in [3.05, 3.63) is 29.3 Å². The molecule has 0 aliphatic carbocycles. The lowest BCUT2D eigenvalue weighted by molar-refractivity contribution is 0.340. The molecule has 1 aliphatic heterocycles. The molecule has 1 N–H and O–H groups in total. The van der Waals surface area contributed by atoms with Gasteiger partial charge in [0.15, 0.2) is 0 Å². The lowest BCUT2D eigenvalue weighted by atomic mass is 10.00. The highest BCUT2D eigenvalue weighted by Gasteiger charge is 2.15. The van der Waals surface area contributed by atoms with Crippen molar-refractivity contribution < 1.29 is 4.74 Å². The molecule has 1 heterocycles. The van der Waals surface area contributed by atoms with Gasteiger partial charge in [-0.1, -0.05) is 6.07 Å². The molecule has 1 atom stereocenters. The maximum atomic E-state index is 5.50. The molecular weight excluding hydrogens is 198 g/mol. The SMILES string of the molecule is CCOc1ccc(CC2CCCN2)c(C)c1. The largest absolute Gasteiger partial charge is 0.494 e. The molecular formula is C14H21NO. The highest BCUT2D eigenvalue weighted by atomic mass is 16.5. The van der Waals surface area contributed by atoms with Gasteiger partial charge in [0, 0.05) is 6.04 Å². The molecule has 2 heteroatoms. The Labute approximate surface area is 98.0 Å². The summed E-state index contributed by atoms with van der Waals surface area (Å²) in [5, 5.41) is 3.54. The smallest absolute Gasteiger partial charge is 0.119 e. The number of ether oxygens (including phenoxy) is 1. The van der Waals surface area contributed by atoms with Crippen LogP contribution in [0, 0.1) is 6.92 Å². The number of nitrogens with one attached hydrogen (secondary N) is 1. The van der Waals surface area contributed by atoms with E-state index in [1.807, 2.05) is 6.92 Å². The normalized spacial score (nSPS) is 20.0. The zero-order chi connectivity index (χ0) is 11.4. The molecule has 16 heavy (non-hydrogen) atoms. The minimum atomic E-state index is 0.677. The van der Waals surface area contributed by atoms with Gasteiger partial charge in [0.1, 0.15) is 5.75 Å². The van der Waals surface area contributed by atoms with Gasteiger partial charge in [-0.2, -0.15) is 0 Å². The minimum Gasteiger partial charge on any atom is -0.494 e. The molecule has 1 saturated heterocycles.